The first kappa shape index (κ1) is 28.4. The first-order chi connectivity index (χ1) is 19.9. The molecule has 3 aromatic rings. The van der Waals surface area contributed by atoms with Gasteiger partial charge in [0.2, 0.25) is 11.8 Å². The summed E-state index contributed by atoms with van der Waals surface area (Å²) in [6.45, 7) is 2.82. The van der Waals surface area contributed by atoms with Crippen LogP contribution < -0.4 is 16.4 Å². The minimum Gasteiger partial charge on any atom is -0.330 e. The van der Waals surface area contributed by atoms with Gasteiger partial charge in [0.1, 0.15) is 18.2 Å². The number of carbonyl (C=O) groups excluding carboxylic acids is 3. The average molecular weight is 552 g/mol. The van der Waals surface area contributed by atoms with E-state index >= 15 is 0 Å². The van der Waals surface area contributed by atoms with E-state index in [1.54, 1.807) is 18.3 Å². The number of nitrogens with two attached hydrogens (primary N) is 1. The van der Waals surface area contributed by atoms with Crippen molar-refractivity contribution >= 4 is 29.1 Å². The molecule has 2 heterocycles. The molecule has 1 fully saturated rings. The molecule has 0 radical (unpaired) electrons. The second-order valence-electron chi connectivity index (χ2n) is 11.2. The molecular weight excluding hydrogens is 514 g/mol. The second kappa shape index (κ2) is 13.0. The fraction of sp³-hybridized carbons (Fsp3) is 0.364. The summed E-state index contributed by atoms with van der Waals surface area (Å²) in [5, 5.41) is 5.76. The number of hydrogen-bond acceptors (Lipinski definition) is 6. The molecule has 2 aliphatic rings. The van der Waals surface area contributed by atoms with Gasteiger partial charge in [-0.25, -0.2) is 0 Å². The third-order valence-electron chi connectivity index (χ3n) is 8.26. The van der Waals surface area contributed by atoms with E-state index in [1.165, 1.54) is 0 Å². The largest absolute Gasteiger partial charge is 0.330 e. The number of aliphatic imine (C=N–C) groups is 1. The third kappa shape index (κ3) is 7.13. The van der Waals surface area contributed by atoms with Crippen LogP contribution in [0.1, 0.15) is 48.8 Å². The van der Waals surface area contributed by atoms with Crippen molar-refractivity contribution in [3.8, 4) is 11.1 Å². The zero-order chi connectivity index (χ0) is 28.8. The Labute approximate surface area is 240 Å². The molecule has 1 aromatic heterocycles. The summed E-state index contributed by atoms with van der Waals surface area (Å²) in [7, 11) is 0. The number of nitrogens with zero attached hydrogens (tertiary/aromatic N) is 2. The van der Waals surface area contributed by atoms with Crippen LogP contribution >= 0.6 is 0 Å². The van der Waals surface area contributed by atoms with Crippen molar-refractivity contribution in [2.75, 3.05) is 18.4 Å². The monoisotopic (exact) mass is 551 g/mol. The van der Waals surface area contributed by atoms with Gasteiger partial charge < -0.3 is 16.4 Å². The molecule has 2 amide bonds. The maximum absolute atomic E-state index is 13.7. The Kier molecular flexibility index (Phi) is 8.99. The number of rotatable bonds is 10. The zero-order valence-corrected chi connectivity index (χ0v) is 23.4. The van der Waals surface area contributed by atoms with Gasteiger partial charge in [0.05, 0.1) is 0 Å². The molecule has 4 N–H and O–H groups in total. The van der Waals surface area contributed by atoms with E-state index in [0.717, 1.165) is 53.5 Å². The lowest BCUT2D eigenvalue weighted by Gasteiger charge is -2.27. The highest BCUT2D eigenvalue weighted by Crippen LogP contribution is 2.31. The predicted molar refractivity (Wildman–Crippen MR) is 160 cm³/mol. The van der Waals surface area contributed by atoms with Crippen molar-refractivity contribution in [1.82, 2.24) is 10.3 Å². The molecule has 212 valence electrons. The van der Waals surface area contributed by atoms with Gasteiger partial charge in [0, 0.05) is 41.9 Å². The van der Waals surface area contributed by atoms with Crippen LogP contribution in [-0.4, -0.2) is 41.5 Å². The number of ketones is 1. The number of carbonyl (C=O) groups is 3. The van der Waals surface area contributed by atoms with Gasteiger partial charge in [-0.2, -0.15) is 0 Å². The van der Waals surface area contributed by atoms with Gasteiger partial charge in [-0.05, 0) is 104 Å². The Morgan fingerprint density at radius 3 is 2.51 bits per heavy atom. The minimum absolute atomic E-state index is 0.0133. The summed E-state index contributed by atoms with van der Waals surface area (Å²) in [5.74, 6) is 0.340. The number of nitrogens with one attached hydrogen (secondary N) is 2. The maximum atomic E-state index is 13.7. The number of anilines is 1. The van der Waals surface area contributed by atoms with Crippen LogP contribution in [0.2, 0.25) is 0 Å². The summed E-state index contributed by atoms with van der Waals surface area (Å²) >= 11 is 0. The van der Waals surface area contributed by atoms with Crippen molar-refractivity contribution in [3.05, 3.63) is 83.7 Å². The van der Waals surface area contributed by atoms with Crippen molar-refractivity contribution in [3.63, 3.8) is 0 Å². The van der Waals surface area contributed by atoms with Gasteiger partial charge in [-0.1, -0.05) is 24.3 Å². The number of benzene rings is 2. The standard InChI is InChI=1S/C33H37N5O3/c1-21-19-35-14-13-29(21)26-4-2-3-23(15-26)16-27(17-30(39)24-7-5-22(18-34)6-8-24)33(41)37-28-11-9-25(10-12-28)32-36-20-31(40)38-32/h2-4,9-15,19,22,24,27H,5-8,16-18,20,34H2,1H3,(H,37,41)(H,36,38,40)/t22?,24?,27-/m1/s1. The quantitative estimate of drug-likeness (QED) is 0.343. The van der Waals surface area contributed by atoms with Crippen LogP contribution in [0.5, 0.6) is 0 Å². The third-order valence-corrected chi connectivity index (χ3v) is 8.26. The van der Waals surface area contributed by atoms with Crippen LogP contribution in [0.4, 0.5) is 5.69 Å². The van der Waals surface area contributed by atoms with Crippen molar-refractivity contribution < 1.29 is 14.4 Å². The first-order valence-electron chi connectivity index (χ1n) is 14.4. The Morgan fingerprint density at radius 1 is 1.05 bits per heavy atom. The lowest BCUT2D eigenvalue weighted by Crippen LogP contribution is -2.31. The van der Waals surface area contributed by atoms with Gasteiger partial charge >= 0.3 is 0 Å². The average Bonchev–Trinajstić information content (AvgIpc) is 3.43. The molecule has 0 spiro atoms. The van der Waals surface area contributed by atoms with Crippen molar-refractivity contribution in [1.29, 1.82) is 0 Å². The summed E-state index contributed by atoms with van der Waals surface area (Å²) in [6.07, 6.45) is 7.89. The molecule has 41 heavy (non-hydrogen) atoms. The van der Waals surface area contributed by atoms with Crippen LogP contribution in [0, 0.1) is 24.7 Å². The van der Waals surface area contributed by atoms with E-state index in [0.29, 0.717) is 30.4 Å². The number of aromatic nitrogens is 1. The van der Waals surface area contributed by atoms with Crippen LogP contribution in [-0.2, 0) is 20.8 Å². The molecule has 0 bridgehead atoms. The summed E-state index contributed by atoms with van der Waals surface area (Å²) in [6, 6.07) is 17.4. The number of amidine groups is 1. The summed E-state index contributed by atoms with van der Waals surface area (Å²) in [4.78, 5) is 47.0. The van der Waals surface area contributed by atoms with Gasteiger partial charge in [0.15, 0.2) is 0 Å². The van der Waals surface area contributed by atoms with Crippen LogP contribution in [0.25, 0.3) is 11.1 Å². The fourth-order valence-corrected chi connectivity index (χ4v) is 5.82. The molecule has 0 unspecified atom stereocenters. The van der Waals surface area contributed by atoms with Gasteiger partial charge in [-0.3, -0.25) is 24.4 Å². The molecule has 8 heteroatoms. The van der Waals surface area contributed by atoms with Gasteiger partial charge in [0.25, 0.3) is 0 Å². The minimum atomic E-state index is -0.512. The van der Waals surface area contributed by atoms with E-state index < -0.39 is 5.92 Å². The van der Waals surface area contributed by atoms with Crippen LogP contribution in [0.15, 0.2) is 72.0 Å². The molecule has 1 aliphatic carbocycles. The molecule has 5 rings (SSSR count). The number of pyridine rings is 1. The Balaban J connectivity index is 1.33. The zero-order valence-electron chi connectivity index (χ0n) is 23.4. The van der Waals surface area contributed by atoms with Crippen LogP contribution in [0.3, 0.4) is 0 Å². The first-order valence-corrected chi connectivity index (χ1v) is 14.4. The van der Waals surface area contributed by atoms with E-state index in [9.17, 15) is 14.4 Å². The van der Waals surface area contributed by atoms with E-state index in [-0.39, 0.29) is 36.5 Å². The lowest BCUT2D eigenvalue weighted by molar-refractivity contribution is -0.129. The Morgan fingerprint density at radius 2 is 1.83 bits per heavy atom. The topological polar surface area (TPSA) is 127 Å². The number of Topliss-reactive ketones (excluding diaryl/α,β-unsaturated/α-hetero) is 1. The van der Waals surface area contributed by atoms with Crippen molar-refractivity contribution in [2.45, 2.75) is 45.4 Å². The predicted octanol–water partition coefficient (Wildman–Crippen LogP) is 4.46. The number of aryl methyl sites for hydroxylation is 1. The highest BCUT2D eigenvalue weighted by atomic mass is 16.2. The maximum Gasteiger partial charge on any atom is 0.247 e. The van der Waals surface area contributed by atoms with E-state index in [1.807, 2.05) is 43.5 Å². The SMILES string of the molecule is Cc1cnccc1-c1cccc(C[C@H](CC(=O)C2CCC(CN)CC2)C(=O)Nc2ccc(C3=NCC(=O)N3)cc2)c1. The van der Waals surface area contributed by atoms with Gasteiger partial charge in [-0.15, -0.1) is 0 Å². The molecule has 1 atom stereocenters. The summed E-state index contributed by atoms with van der Waals surface area (Å²) < 4.78 is 0. The molecule has 1 aliphatic heterocycles. The van der Waals surface area contributed by atoms with E-state index in [4.69, 9.17) is 5.73 Å². The van der Waals surface area contributed by atoms with E-state index in [2.05, 4.69) is 32.7 Å². The molecule has 8 nitrogen and oxygen atoms in total. The highest BCUT2D eigenvalue weighted by molar-refractivity contribution is 6.12. The fourth-order valence-electron chi connectivity index (χ4n) is 5.82. The summed E-state index contributed by atoms with van der Waals surface area (Å²) in [5.41, 5.74) is 11.5. The normalized spacial score (nSPS) is 19.3. The smallest absolute Gasteiger partial charge is 0.247 e. The van der Waals surface area contributed by atoms with Crippen molar-refractivity contribution in [2.24, 2.45) is 28.5 Å². The molecule has 1 saturated carbocycles. The molecular formula is C33H37N5O3. The molecule has 2 aromatic carbocycles. The number of hydrogen-bond donors (Lipinski definition) is 3. The Bertz CT molecular complexity index is 1440. The highest BCUT2D eigenvalue weighted by Gasteiger charge is 2.30. The number of amides is 2. The lowest BCUT2D eigenvalue weighted by atomic mass is 9.77. The molecule has 0 saturated heterocycles. The second-order valence-corrected chi connectivity index (χ2v) is 11.2. The Hall–Kier alpha value is -4.17.